The Kier molecular flexibility index (Phi) is 5.07. The summed E-state index contributed by atoms with van der Waals surface area (Å²) < 4.78 is 6.36. The first-order chi connectivity index (χ1) is 14.2. The Morgan fingerprint density at radius 3 is 2.38 bits per heavy atom. The van der Waals surface area contributed by atoms with Gasteiger partial charge in [-0.25, -0.2) is 4.98 Å². The summed E-state index contributed by atoms with van der Waals surface area (Å²) in [4.78, 5) is 30.4. The number of carbonyl (C=O) groups is 1. The summed E-state index contributed by atoms with van der Waals surface area (Å²) in [5.41, 5.74) is 4.52. The van der Waals surface area contributed by atoms with E-state index in [1.54, 1.807) is 37.4 Å². The van der Waals surface area contributed by atoms with Crippen molar-refractivity contribution in [1.29, 1.82) is 0 Å². The fourth-order valence-corrected chi connectivity index (χ4v) is 3.11. The molecule has 0 bridgehead atoms. The standard InChI is InChI=1S/C23H19N3O3/c1-29-18-13-11-16(12-14-18)15-21(27)25-26-22(17-7-3-2-4-8-17)24-20-10-6-5-9-19(20)23(26)28/h2-14H,15H2,1H3,(H,25,27). The minimum absolute atomic E-state index is 0.123. The highest BCUT2D eigenvalue weighted by Gasteiger charge is 2.15. The number of nitrogens with one attached hydrogen (secondary N) is 1. The summed E-state index contributed by atoms with van der Waals surface area (Å²) in [6.45, 7) is 0. The highest BCUT2D eigenvalue weighted by molar-refractivity contribution is 5.87. The highest BCUT2D eigenvalue weighted by atomic mass is 16.5. The lowest BCUT2D eigenvalue weighted by Gasteiger charge is -2.14. The molecule has 6 nitrogen and oxygen atoms in total. The number of rotatable bonds is 5. The molecular formula is C23H19N3O3. The summed E-state index contributed by atoms with van der Waals surface area (Å²) in [7, 11) is 1.59. The average Bonchev–Trinajstić information content (AvgIpc) is 2.77. The Bertz CT molecular complexity index is 1220. The third-order valence-electron chi connectivity index (χ3n) is 4.57. The van der Waals surface area contributed by atoms with Crippen molar-refractivity contribution in [1.82, 2.24) is 9.66 Å². The van der Waals surface area contributed by atoms with Crippen LogP contribution in [0.3, 0.4) is 0 Å². The number of carbonyl (C=O) groups excluding carboxylic acids is 1. The van der Waals surface area contributed by atoms with Crippen LogP contribution in [-0.4, -0.2) is 22.7 Å². The van der Waals surface area contributed by atoms with Gasteiger partial charge >= 0.3 is 0 Å². The van der Waals surface area contributed by atoms with Gasteiger partial charge in [0.15, 0.2) is 5.82 Å². The summed E-state index contributed by atoms with van der Waals surface area (Å²) in [6.07, 6.45) is 0.123. The maximum absolute atomic E-state index is 13.1. The molecule has 29 heavy (non-hydrogen) atoms. The molecule has 0 aliphatic rings. The minimum atomic E-state index is -0.322. The number of hydrogen-bond acceptors (Lipinski definition) is 4. The lowest BCUT2D eigenvalue weighted by molar-refractivity contribution is -0.116. The van der Waals surface area contributed by atoms with Gasteiger partial charge in [0.25, 0.3) is 5.56 Å². The van der Waals surface area contributed by atoms with E-state index in [0.717, 1.165) is 16.9 Å². The first-order valence-corrected chi connectivity index (χ1v) is 9.16. The molecule has 1 N–H and O–H groups in total. The van der Waals surface area contributed by atoms with Gasteiger partial charge in [0.2, 0.25) is 5.91 Å². The number of ether oxygens (including phenoxy) is 1. The zero-order chi connectivity index (χ0) is 20.2. The van der Waals surface area contributed by atoms with Gasteiger partial charge in [-0.3, -0.25) is 15.0 Å². The Morgan fingerprint density at radius 1 is 0.966 bits per heavy atom. The third kappa shape index (κ3) is 3.87. The molecule has 0 fully saturated rings. The van der Waals surface area contributed by atoms with Gasteiger partial charge < -0.3 is 4.74 Å². The van der Waals surface area contributed by atoms with Crippen LogP contribution in [0, 0.1) is 0 Å². The molecule has 1 amide bonds. The topological polar surface area (TPSA) is 73.2 Å². The normalized spacial score (nSPS) is 10.7. The first-order valence-electron chi connectivity index (χ1n) is 9.16. The van der Waals surface area contributed by atoms with Crippen molar-refractivity contribution in [3.63, 3.8) is 0 Å². The molecule has 4 aromatic rings. The fraction of sp³-hybridized carbons (Fsp3) is 0.0870. The predicted molar refractivity (Wildman–Crippen MR) is 113 cm³/mol. The molecule has 1 aromatic heterocycles. The monoisotopic (exact) mass is 385 g/mol. The van der Waals surface area contributed by atoms with E-state index >= 15 is 0 Å². The number of aromatic nitrogens is 2. The van der Waals surface area contributed by atoms with Crippen molar-refractivity contribution in [2.45, 2.75) is 6.42 Å². The number of amides is 1. The van der Waals surface area contributed by atoms with E-state index < -0.39 is 0 Å². The number of methoxy groups -OCH3 is 1. The van der Waals surface area contributed by atoms with Gasteiger partial charge in [-0.05, 0) is 29.8 Å². The van der Waals surface area contributed by atoms with Gasteiger partial charge in [0.05, 0.1) is 24.4 Å². The molecule has 4 rings (SSSR count). The molecule has 144 valence electrons. The van der Waals surface area contributed by atoms with Gasteiger partial charge in [0.1, 0.15) is 5.75 Å². The van der Waals surface area contributed by atoms with E-state index in [-0.39, 0.29) is 17.9 Å². The van der Waals surface area contributed by atoms with Crippen molar-refractivity contribution in [2.75, 3.05) is 12.5 Å². The van der Waals surface area contributed by atoms with Crippen molar-refractivity contribution in [3.8, 4) is 17.1 Å². The van der Waals surface area contributed by atoms with Crippen molar-refractivity contribution in [2.24, 2.45) is 0 Å². The van der Waals surface area contributed by atoms with Gasteiger partial charge in [-0.1, -0.05) is 54.6 Å². The van der Waals surface area contributed by atoms with E-state index in [9.17, 15) is 9.59 Å². The van der Waals surface area contributed by atoms with Gasteiger partial charge in [-0.2, -0.15) is 4.68 Å². The van der Waals surface area contributed by atoms with Crippen LogP contribution in [0.2, 0.25) is 0 Å². The summed E-state index contributed by atoms with van der Waals surface area (Å²) in [5.74, 6) is 0.791. The molecule has 3 aromatic carbocycles. The van der Waals surface area contributed by atoms with E-state index in [4.69, 9.17) is 4.74 Å². The van der Waals surface area contributed by atoms with Crippen LogP contribution in [0.4, 0.5) is 0 Å². The molecule has 0 unspecified atom stereocenters. The largest absolute Gasteiger partial charge is 0.497 e. The zero-order valence-corrected chi connectivity index (χ0v) is 15.8. The van der Waals surface area contributed by atoms with Gasteiger partial charge in [-0.15, -0.1) is 0 Å². The quantitative estimate of drug-likeness (QED) is 0.572. The Balaban J connectivity index is 1.72. The number of para-hydroxylation sites is 1. The van der Waals surface area contributed by atoms with Crippen LogP contribution < -0.4 is 15.7 Å². The molecule has 0 saturated carbocycles. The number of benzene rings is 3. The lowest BCUT2D eigenvalue weighted by atomic mass is 10.1. The molecule has 1 heterocycles. The maximum Gasteiger partial charge on any atom is 0.280 e. The molecule has 6 heteroatoms. The highest BCUT2D eigenvalue weighted by Crippen LogP contribution is 2.18. The molecule has 0 radical (unpaired) electrons. The Morgan fingerprint density at radius 2 is 1.66 bits per heavy atom. The van der Waals surface area contributed by atoms with E-state index in [1.165, 1.54) is 4.68 Å². The molecule has 0 spiro atoms. The second-order valence-electron chi connectivity index (χ2n) is 6.52. The fourth-order valence-electron chi connectivity index (χ4n) is 3.11. The van der Waals surface area contributed by atoms with Crippen LogP contribution >= 0.6 is 0 Å². The molecule has 0 saturated heterocycles. The van der Waals surface area contributed by atoms with Crippen LogP contribution in [0.25, 0.3) is 22.3 Å². The van der Waals surface area contributed by atoms with Crippen molar-refractivity contribution < 1.29 is 9.53 Å². The number of fused-ring (bicyclic) bond motifs is 1. The van der Waals surface area contributed by atoms with E-state index in [1.807, 2.05) is 48.5 Å². The predicted octanol–water partition coefficient (Wildman–Crippen LogP) is 3.38. The van der Waals surface area contributed by atoms with Crippen LogP contribution in [0.5, 0.6) is 5.75 Å². The van der Waals surface area contributed by atoms with E-state index in [2.05, 4.69) is 10.4 Å². The third-order valence-corrected chi connectivity index (χ3v) is 4.57. The summed E-state index contributed by atoms with van der Waals surface area (Å²) in [5, 5.41) is 0.442. The minimum Gasteiger partial charge on any atom is -0.497 e. The molecular weight excluding hydrogens is 366 g/mol. The average molecular weight is 385 g/mol. The Labute approximate surface area is 167 Å². The second-order valence-corrected chi connectivity index (χ2v) is 6.52. The lowest BCUT2D eigenvalue weighted by Crippen LogP contribution is -2.35. The zero-order valence-electron chi connectivity index (χ0n) is 15.8. The maximum atomic E-state index is 13.1. The van der Waals surface area contributed by atoms with E-state index in [0.29, 0.717) is 16.7 Å². The molecule has 0 aliphatic heterocycles. The number of nitrogens with zero attached hydrogens (tertiary/aromatic N) is 2. The van der Waals surface area contributed by atoms with Crippen LogP contribution in [0.15, 0.2) is 83.7 Å². The first kappa shape index (κ1) is 18.4. The number of hydrogen-bond donors (Lipinski definition) is 1. The van der Waals surface area contributed by atoms with Crippen LogP contribution in [-0.2, 0) is 11.2 Å². The second kappa shape index (κ2) is 7.98. The SMILES string of the molecule is COc1ccc(CC(=O)Nn2c(-c3ccccc3)nc3ccccc3c2=O)cc1. The van der Waals surface area contributed by atoms with Crippen molar-refractivity contribution >= 4 is 16.8 Å². The van der Waals surface area contributed by atoms with Crippen molar-refractivity contribution in [3.05, 3.63) is 94.8 Å². The summed E-state index contributed by atoms with van der Waals surface area (Å²) >= 11 is 0. The Hall–Kier alpha value is -3.93. The summed E-state index contributed by atoms with van der Waals surface area (Å²) in [6, 6.07) is 23.6. The molecule has 0 aliphatic carbocycles. The van der Waals surface area contributed by atoms with Crippen LogP contribution in [0.1, 0.15) is 5.56 Å². The molecule has 0 atom stereocenters. The smallest absolute Gasteiger partial charge is 0.280 e. The van der Waals surface area contributed by atoms with Gasteiger partial charge in [0, 0.05) is 5.56 Å².